The van der Waals surface area contributed by atoms with E-state index < -0.39 is 0 Å². The maximum absolute atomic E-state index is 13.4. The van der Waals surface area contributed by atoms with Crippen LogP contribution in [0, 0.1) is 6.92 Å². The number of piperidine rings is 1. The van der Waals surface area contributed by atoms with Crippen molar-refractivity contribution in [2.24, 2.45) is 0 Å². The molecular formula is C30H31N7O2. The van der Waals surface area contributed by atoms with E-state index in [1.807, 2.05) is 42.4 Å². The molecule has 0 unspecified atom stereocenters. The van der Waals surface area contributed by atoms with Gasteiger partial charge in [-0.15, -0.1) is 0 Å². The zero-order chi connectivity index (χ0) is 26.3. The minimum atomic E-state index is -0.00142. The minimum Gasteiger partial charge on any atom is -0.441 e. The van der Waals surface area contributed by atoms with Crippen LogP contribution in [0.25, 0.3) is 33.1 Å². The van der Waals surface area contributed by atoms with Crippen molar-refractivity contribution in [3.05, 3.63) is 77.6 Å². The van der Waals surface area contributed by atoms with E-state index >= 15 is 0 Å². The third-order valence-electron chi connectivity index (χ3n) is 7.99. The highest BCUT2D eigenvalue weighted by Crippen LogP contribution is 2.31. The second-order valence-corrected chi connectivity index (χ2v) is 10.7. The molecule has 5 heterocycles. The third-order valence-corrected chi connectivity index (χ3v) is 7.99. The molecule has 9 nitrogen and oxygen atoms in total. The highest BCUT2D eigenvalue weighted by atomic mass is 16.3. The van der Waals surface area contributed by atoms with Gasteiger partial charge in [0.2, 0.25) is 0 Å². The Morgan fingerprint density at radius 2 is 2.15 bits per heavy atom. The number of amides is 2. The summed E-state index contributed by atoms with van der Waals surface area (Å²) >= 11 is 0. The topological polar surface area (TPSA) is 103 Å². The molecule has 1 saturated heterocycles. The van der Waals surface area contributed by atoms with Crippen molar-refractivity contribution < 1.29 is 9.21 Å². The second-order valence-electron chi connectivity index (χ2n) is 10.7. The average Bonchev–Trinajstić information content (AvgIpc) is 3.55. The van der Waals surface area contributed by atoms with Crippen LogP contribution in [0.1, 0.15) is 35.6 Å². The number of benzene rings is 2. The minimum absolute atomic E-state index is 0.00142. The maximum Gasteiger partial charge on any atom is 0.317 e. The quantitative estimate of drug-likeness (QED) is 0.352. The lowest BCUT2D eigenvalue weighted by molar-refractivity contribution is 0.160. The summed E-state index contributed by atoms with van der Waals surface area (Å²) < 4.78 is 5.63. The SMILES string of the molecule is Cc1nc2cc(-c3n[nH]c4c3CN(C(=O)N[C@@H]3CCCN(Cc5cccc6cnccc56)C3)CC4)ccc2o1. The van der Waals surface area contributed by atoms with Gasteiger partial charge < -0.3 is 14.6 Å². The van der Waals surface area contributed by atoms with Gasteiger partial charge >= 0.3 is 6.03 Å². The fourth-order valence-corrected chi connectivity index (χ4v) is 6.05. The Morgan fingerprint density at radius 1 is 1.21 bits per heavy atom. The Bertz CT molecular complexity index is 1670. The van der Waals surface area contributed by atoms with E-state index in [0.29, 0.717) is 19.0 Å². The van der Waals surface area contributed by atoms with Gasteiger partial charge in [-0.1, -0.05) is 18.2 Å². The predicted molar refractivity (Wildman–Crippen MR) is 149 cm³/mol. The van der Waals surface area contributed by atoms with Gasteiger partial charge in [0.1, 0.15) is 5.52 Å². The molecule has 9 heteroatoms. The van der Waals surface area contributed by atoms with Gasteiger partial charge in [0, 0.05) is 73.6 Å². The number of rotatable bonds is 4. The number of nitrogens with zero attached hydrogens (tertiary/aromatic N) is 5. The molecule has 2 amide bonds. The van der Waals surface area contributed by atoms with Crippen molar-refractivity contribution in [1.29, 1.82) is 0 Å². The Morgan fingerprint density at radius 3 is 3.10 bits per heavy atom. The third kappa shape index (κ3) is 4.63. The highest BCUT2D eigenvalue weighted by Gasteiger charge is 2.29. The van der Waals surface area contributed by atoms with E-state index in [0.717, 1.165) is 77.9 Å². The summed E-state index contributed by atoms with van der Waals surface area (Å²) in [6, 6.07) is 14.6. The number of nitrogens with one attached hydrogen (secondary N) is 2. The lowest BCUT2D eigenvalue weighted by Gasteiger charge is -2.35. The van der Waals surface area contributed by atoms with Crippen molar-refractivity contribution in [3.63, 3.8) is 0 Å². The number of hydrogen-bond donors (Lipinski definition) is 2. The highest BCUT2D eigenvalue weighted by molar-refractivity contribution is 5.85. The van der Waals surface area contributed by atoms with Crippen molar-refractivity contribution in [2.75, 3.05) is 19.6 Å². The van der Waals surface area contributed by atoms with Crippen molar-refractivity contribution >= 4 is 27.9 Å². The molecule has 2 N–H and O–H groups in total. The molecular weight excluding hydrogens is 490 g/mol. The Kier molecular flexibility index (Phi) is 6.00. The molecule has 0 spiro atoms. The van der Waals surface area contributed by atoms with Gasteiger partial charge in [0.25, 0.3) is 0 Å². The van der Waals surface area contributed by atoms with E-state index in [1.54, 1.807) is 0 Å². The molecule has 0 bridgehead atoms. The van der Waals surface area contributed by atoms with Crippen molar-refractivity contribution in [1.82, 2.24) is 35.3 Å². The van der Waals surface area contributed by atoms with Crippen LogP contribution < -0.4 is 5.32 Å². The Labute approximate surface area is 226 Å². The van der Waals surface area contributed by atoms with E-state index in [9.17, 15) is 4.79 Å². The average molecular weight is 522 g/mol. The lowest BCUT2D eigenvalue weighted by atomic mass is 10.0. The summed E-state index contributed by atoms with van der Waals surface area (Å²) in [7, 11) is 0. The fraction of sp³-hybridized carbons (Fsp3) is 0.333. The number of likely N-dealkylation sites (tertiary alicyclic amines) is 1. The number of carbonyl (C=O) groups excluding carboxylic acids is 1. The number of aryl methyl sites for hydroxylation is 1. The van der Waals surface area contributed by atoms with Gasteiger partial charge in [-0.2, -0.15) is 5.10 Å². The zero-order valence-electron chi connectivity index (χ0n) is 22.0. The summed E-state index contributed by atoms with van der Waals surface area (Å²) in [5.41, 5.74) is 6.90. The zero-order valence-corrected chi connectivity index (χ0v) is 22.0. The van der Waals surface area contributed by atoms with Gasteiger partial charge in [-0.25, -0.2) is 9.78 Å². The second kappa shape index (κ2) is 9.81. The largest absolute Gasteiger partial charge is 0.441 e. The number of oxazole rings is 1. The summed E-state index contributed by atoms with van der Waals surface area (Å²) in [5.74, 6) is 0.643. The van der Waals surface area contributed by atoms with Gasteiger partial charge in [-0.3, -0.25) is 15.0 Å². The first kappa shape index (κ1) is 23.8. The molecule has 2 aromatic carbocycles. The Balaban J connectivity index is 1.03. The molecule has 0 radical (unpaired) electrons. The van der Waals surface area contributed by atoms with E-state index in [1.165, 1.54) is 10.9 Å². The molecule has 3 aromatic heterocycles. The van der Waals surface area contributed by atoms with Crippen molar-refractivity contribution in [3.8, 4) is 11.3 Å². The molecule has 2 aliphatic heterocycles. The van der Waals surface area contributed by atoms with E-state index in [-0.39, 0.29) is 12.1 Å². The fourth-order valence-electron chi connectivity index (χ4n) is 6.05. The van der Waals surface area contributed by atoms with Crippen LogP contribution in [0.5, 0.6) is 0 Å². The molecule has 198 valence electrons. The van der Waals surface area contributed by atoms with Gasteiger partial charge in [-0.05, 0) is 54.6 Å². The van der Waals surface area contributed by atoms with E-state index in [4.69, 9.17) is 4.42 Å². The normalized spacial score (nSPS) is 18.0. The number of hydrogen-bond acceptors (Lipinski definition) is 6. The first-order valence-electron chi connectivity index (χ1n) is 13.6. The number of fused-ring (bicyclic) bond motifs is 3. The lowest BCUT2D eigenvalue weighted by Crippen LogP contribution is -2.52. The monoisotopic (exact) mass is 521 g/mol. The molecule has 39 heavy (non-hydrogen) atoms. The number of aromatic nitrogens is 4. The van der Waals surface area contributed by atoms with Crippen LogP contribution in [-0.4, -0.2) is 61.7 Å². The number of H-pyrrole nitrogens is 1. The maximum atomic E-state index is 13.4. The molecule has 1 fully saturated rings. The standard InChI is InChI=1S/C30H31N7O2/c1-19-32-27-14-20(7-8-28(27)39-19)29-25-18-37(13-10-26(25)34-35-29)30(38)33-23-6-3-12-36(17-23)16-22-5-2-4-21-15-31-11-9-24(21)22/h2,4-5,7-9,11,14-15,23H,3,6,10,12-13,16-18H2,1H3,(H,33,38)(H,34,35)/t23-/m1/s1. The van der Waals surface area contributed by atoms with Crippen LogP contribution in [0.3, 0.4) is 0 Å². The number of aromatic amines is 1. The van der Waals surface area contributed by atoms with Crippen LogP contribution in [0.2, 0.25) is 0 Å². The van der Waals surface area contributed by atoms with Gasteiger partial charge in [0.05, 0.1) is 12.2 Å². The predicted octanol–water partition coefficient (Wildman–Crippen LogP) is 4.81. The molecule has 7 rings (SSSR count). The number of pyridine rings is 1. The van der Waals surface area contributed by atoms with Crippen LogP contribution >= 0.6 is 0 Å². The summed E-state index contributed by atoms with van der Waals surface area (Å²) in [4.78, 5) is 26.5. The van der Waals surface area contributed by atoms with Gasteiger partial charge in [0.15, 0.2) is 11.5 Å². The summed E-state index contributed by atoms with van der Waals surface area (Å²) in [6.45, 7) is 5.80. The molecule has 1 atom stereocenters. The summed E-state index contributed by atoms with van der Waals surface area (Å²) in [5, 5.41) is 13.6. The number of urea groups is 1. The van der Waals surface area contributed by atoms with Crippen molar-refractivity contribution in [2.45, 2.75) is 45.3 Å². The molecule has 0 aliphatic carbocycles. The molecule has 0 saturated carbocycles. The molecule has 2 aliphatic rings. The number of carbonyl (C=O) groups is 1. The summed E-state index contributed by atoms with van der Waals surface area (Å²) in [6.07, 6.45) is 6.59. The Hall–Kier alpha value is -4.24. The molecule has 5 aromatic rings. The van der Waals surface area contributed by atoms with Crippen LogP contribution in [0.15, 0.2) is 59.3 Å². The van der Waals surface area contributed by atoms with E-state index in [2.05, 4.69) is 54.6 Å². The van der Waals surface area contributed by atoms with Crippen LogP contribution in [0.4, 0.5) is 4.79 Å². The first-order chi connectivity index (χ1) is 19.1. The van der Waals surface area contributed by atoms with Crippen LogP contribution in [-0.2, 0) is 19.5 Å². The first-order valence-corrected chi connectivity index (χ1v) is 13.6. The smallest absolute Gasteiger partial charge is 0.317 e.